The molecular formula is C7H5BF5-. The van der Waals surface area contributed by atoms with E-state index in [4.69, 9.17) is 0 Å². The predicted molar refractivity (Wildman–Crippen MR) is 39.8 cm³/mol. The van der Waals surface area contributed by atoms with Gasteiger partial charge in [0.1, 0.15) is 0 Å². The standard InChI is InChI=1S/C7H5BF5/c1-4-2-5(9)7(6(10)3-4)8(11,12)13/h2-3H,1H3/q-1. The summed E-state index contributed by atoms with van der Waals surface area (Å²) >= 11 is 0. The van der Waals surface area contributed by atoms with Crippen molar-refractivity contribution in [3.05, 3.63) is 29.3 Å². The highest BCUT2D eigenvalue weighted by Crippen LogP contribution is 2.15. The van der Waals surface area contributed by atoms with Crippen LogP contribution in [0.4, 0.5) is 21.7 Å². The fourth-order valence-corrected chi connectivity index (χ4v) is 1.02. The maximum absolute atomic E-state index is 12.7. The van der Waals surface area contributed by atoms with E-state index in [1.807, 2.05) is 0 Å². The highest BCUT2D eigenvalue weighted by molar-refractivity contribution is 6.73. The summed E-state index contributed by atoms with van der Waals surface area (Å²) in [6.07, 6.45) is 0. The van der Waals surface area contributed by atoms with E-state index in [0.717, 1.165) is 0 Å². The van der Waals surface area contributed by atoms with Crippen molar-refractivity contribution in [1.82, 2.24) is 0 Å². The van der Waals surface area contributed by atoms with Gasteiger partial charge >= 0.3 is 6.98 Å². The second-order valence-electron chi connectivity index (χ2n) is 2.72. The SMILES string of the molecule is Cc1cc(F)c([B-](F)(F)F)c(F)c1. The van der Waals surface area contributed by atoms with Gasteiger partial charge in [-0.15, -0.1) is 0 Å². The Morgan fingerprint density at radius 3 is 1.69 bits per heavy atom. The first-order valence-electron chi connectivity index (χ1n) is 3.48. The maximum Gasteiger partial charge on any atom is 0.515 e. The van der Waals surface area contributed by atoms with Crippen LogP contribution in [0.15, 0.2) is 12.1 Å². The largest absolute Gasteiger partial charge is 0.515 e. The molecule has 0 aliphatic heterocycles. The van der Waals surface area contributed by atoms with Crippen LogP contribution in [-0.4, -0.2) is 6.98 Å². The summed E-state index contributed by atoms with van der Waals surface area (Å²) in [6.45, 7) is -4.30. The van der Waals surface area contributed by atoms with E-state index in [1.165, 1.54) is 6.92 Å². The predicted octanol–water partition coefficient (Wildman–Crippen LogP) is 2.33. The number of benzene rings is 1. The zero-order valence-electron chi connectivity index (χ0n) is 6.62. The zero-order valence-corrected chi connectivity index (χ0v) is 6.62. The van der Waals surface area contributed by atoms with E-state index < -0.39 is 24.1 Å². The van der Waals surface area contributed by atoms with Crippen LogP contribution in [0.3, 0.4) is 0 Å². The van der Waals surface area contributed by atoms with Crippen molar-refractivity contribution in [3.8, 4) is 0 Å². The smallest absolute Gasteiger partial charge is 0.445 e. The van der Waals surface area contributed by atoms with Crippen molar-refractivity contribution < 1.29 is 21.7 Å². The highest BCUT2D eigenvalue weighted by atomic mass is 19.4. The quantitative estimate of drug-likeness (QED) is 0.476. The zero-order chi connectivity index (χ0) is 10.2. The van der Waals surface area contributed by atoms with Gasteiger partial charge < -0.3 is 12.9 Å². The van der Waals surface area contributed by atoms with Gasteiger partial charge in [-0.25, -0.2) is 8.78 Å². The maximum atomic E-state index is 12.7. The van der Waals surface area contributed by atoms with Crippen LogP contribution in [0.1, 0.15) is 5.56 Å². The van der Waals surface area contributed by atoms with Gasteiger partial charge in [0.2, 0.25) is 0 Å². The minimum atomic E-state index is -5.62. The van der Waals surface area contributed by atoms with E-state index in [1.54, 1.807) is 0 Å². The molecule has 0 spiro atoms. The molecule has 0 saturated heterocycles. The van der Waals surface area contributed by atoms with Crippen molar-refractivity contribution in [2.24, 2.45) is 0 Å². The summed E-state index contributed by atoms with van der Waals surface area (Å²) in [5.74, 6) is -3.10. The summed E-state index contributed by atoms with van der Waals surface area (Å²) in [4.78, 5) is 0. The first-order chi connectivity index (χ1) is 5.82. The van der Waals surface area contributed by atoms with Crippen LogP contribution in [0.2, 0.25) is 0 Å². The summed E-state index contributed by atoms with van der Waals surface area (Å²) in [5.41, 5.74) is -1.65. The minimum absolute atomic E-state index is 0.124. The molecule has 0 N–H and O–H groups in total. The van der Waals surface area contributed by atoms with Crippen LogP contribution in [0.5, 0.6) is 0 Å². The first-order valence-corrected chi connectivity index (χ1v) is 3.48. The summed E-state index contributed by atoms with van der Waals surface area (Å²) in [6, 6.07) is 1.32. The van der Waals surface area contributed by atoms with Gasteiger partial charge in [0.25, 0.3) is 0 Å². The number of aryl methyl sites for hydroxylation is 1. The normalized spacial score (nSPS) is 11.8. The highest BCUT2D eigenvalue weighted by Gasteiger charge is 2.32. The van der Waals surface area contributed by atoms with Crippen molar-refractivity contribution in [2.45, 2.75) is 6.92 Å². The van der Waals surface area contributed by atoms with Gasteiger partial charge in [-0.2, -0.15) is 0 Å². The molecule has 1 aromatic rings. The molecule has 0 bridgehead atoms. The lowest BCUT2D eigenvalue weighted by atomic mass is 9.79. The van der Waals surface area contributed by atoms with E-state index in [-0.39, 0.29) is 5.56 Å². The third-order valence-electron chi connectivity index (χ3n) is 1.55. The minimum Gasteiger partial charge on any atom is -0.445 e. The third kappa shape index (κ3) is 1.99. The van der Waals surface area contributed by atoms with E-state index >= 15 is 0 Å². The van der Waals surface area contributed by atoms with Crippen molar-refractivity contribution in [2.75, 3.05) is 0 Å². The van der Waals surface area contributed by atoms with Gasteiger partial charge in [0.15, 0.2) is 0 Å². The lowest BCUT2D eigenvalue weighted by Gasteiger charge is -2.16. The molecule has 0 nitrogen and oxygen atoms in total. The van der Waals surface area contributed by atoms with Gasteiger partial charge in [-0.3, -0.25) is 0 Å². The van der Waals surface area contributed by atoms with Gasteiger partial charge in [0.05, 0.1) is 11.6 Å². The second kappa shape index (κ2) is 3.01. The molecule has 72 valence electrons. The van der Waals surface area contributed by atoms with Crippen molar-refractivity contribution >= 4 is 12.4 Å². The molecule has 0 radical (unpaired) electrons. The molecule has 0 aliphatic carbocycles. The van der Waals surface area contributed by atoms with Crippen LogP contribution in [0.25, 0.3) is 0 Å². The molecule has 0 heterocycles. The van der Waals surface area contributed by atoms with Crippen molar-refractivity contribution in [3.63, 3.8) is 0 Å². The molecule has 0 saturated carbocycles. The Kier molecular flexibility index (Phi) is 2.32. The Hall–Kier alpha value is -1.07. The average molecular weight is 195 g/mol. The molecule has 13 heavy (non-hydrogen) atoms. The molecule has 0 amide bonds. The van der Waals surface area contributed by atoms with Gasteiger partial charge in [0, 0.05) is 0 Å². The number of halogens is 5. The Morgan fingerprint density at radius 1 is 1.00 bits per heavy atom. The monoisotopic (exact) mass is 195 g/mol. The molecule has 1 aromatic carbocycles. The van der Waals surface area contributed by atoms with Crippen LogP contribution < -0.4 is 5.46 Å². The average Bonchev–Trinajstić information content (AvgIpc) is 1.78. The third-order valence-corrected chi connectivity index (χ3v) is 1.55. The molecule has 0 fully saturated rings. The molecular weight excluding hydrogens is 190 g/mol. The second-order valence-corrected chi connectivity index (χ2v) is 2.72. The van der Waals surface area contributed by atoms with E-state index in [2.05, 4.69) is 0 Å². The summed E-state index contributed by atoms with van der Waals surface area (Å²) in [5, 5.41) is 0. The van der Waals surface area contributed by atoms with Gasteiger partial charge in [-0.1, -0.05) is 0 Å². The van der Waals surface area contributed by atoms with E-state index in [9.17, 15) is 21.7 Å². The fourth-order valence-electron chi connectivity index (χ4n) is 1.02. The van der Waals surface area contributed by atoms with E-state index in [0.29, 0.717) is 12.1 Å². The Labute approximate surface area is 71.4 Å². The topological polar surface area (TPSA) is 0 Å². The first kappa shape index (κ1) is 10.0. The summed E-state index contributed by atoms with van der Waals surface area (Å²) < 4.78 is 61.4. The van der Waals surface area contributed by atoms with Crippen molar-refractivity contribution in [1.29, 1.82) is 0 Å². The van der Waals surface area contributed by atoms with Crippen LogP contribution in [0, 0.1) is 18.6 Å². The van der Waals surface area contributed by atoms with Crippen LogP contribution in [-0.2, 0) is 0 Å². The lowest BCUT2D eigenvalue weighted by molar-refractivity contribution is 0.484. The fraction of sp³-hybridized carbons (Fsp3) is 0.143. The van der Waals surface area contributed by atoms with Gasteiger partial charge in [-0.05, 0) is 30.1 Å². The molecule has 0 atom stereocenters. The Bertz CT molecular complexity index is 307. The molecule has 0 aromatic heterocycles. The Balaban J connectivity index is 3.38. The Morgan fingerprint density at radius 2 is 1.38 bits per heavy atom. The number of rotatable bonds is 1. The molecule has 1 rings (SSSR count). The van der Waals surface area contributed by atoms with Crippen LogP contribution >= 0.6 is 0 Å². The molecule has 0 aliphatic rings. The molecule has 6 heteroatoms. The summed E-state index contributed by atoms with van der Waals surface area (Å²) in [7, 11) is 0. The molecule has 0 unspecified atom stereocenters. The number of hydrogen-bond donors (Lipinski definition) is 0. The number of hydrogen-bond acceptors (Lipinski definition) is 0. The lowest BCUT2D eigenvalue weighted by Crippen LogP contribution is -2.39.